The highest BCUT2D eigenvalue weighted by molar-refractivity contribution is 7.99. The van der Waals surface area contributed by atoms with Crippen LogP contribution in [0.3, 0.4) is 0 Å². The maximum absolute atomic E-state index is 13.0. The van der Waals surface area contributed by atoms with Crippen LogP contribution in [0.1, 0.15) is 25.7 Å². The SMILES string of the molecule is Nn1c(SCC(=O)NC2CCCC2)nnc1-c1ccc(F)cc1. The minimum atomic E-state index is -0.324. The van der Waals surface area contributed by atoms with E-state index in [2.05, 4.69) is 15.5 Å². The molecule has 0 aliphatic heterocycles. The molecule has 8 heteroatoms. The molecule has 0 radical (unpaired) electrons. The summed E-state index contributed by atoms with van der Waals surface area (Å²) >= 11 is 1.24. The van der Waals surface area contributed by atoms with Crippen LogP contribution in [0.4, 0.5) is 4.39 Å². The van der Waals surface area contributed by atoms with E-state index in [1.54, 1.807) is 12.1 Å². The van der Waals surface area contributed by atoms with Crippen LogP contribution in [0.15, 0.2) is 29.4 Å². The minimum absolute atomic E-state index is 0.0202. The Morgan fingerprint density at radius 2 is 2.00 bits per heavy atom. The van der Waals surface area contributed by atoms with Crippen LogP contribution in [0.2, 0.25) is 0 Å². The molecular weight excluding hydrogens is 317 g/mol. The van der Waals surface area contributed by atoms with Crippen molar-refractivity contribution in [3.63, 3.8) is 0 Å². The molecule has 0 unspecified atom stereocenters. The number of carbonyl (C=O) groups excluding carboxylic acids is 1. The van der Waals surface area contributed by atoms with Crippen molar-refractivity contribution >= 4 is 17.7 Å². The fraction of sp³-hybridized carbons (Fsp3) is 0.400. The Kier molecular flexibility index (Phi) is 4.80. The quantitative estimate of drug-likeness (QED) is 0.644. The monoisotopic (exact) mass is 335 g/mol. The molecule has 1 fully saturated rings. The van der Waals surface area contributed by atoms with Crippen LogP contribution >= 0.6 is 11.8 Å². The van der Waals surface area contributed by atoms with E-state index in [1.165, 1.54) is 41.4 Å². The van der Waals surface area contributed by atoms with Gasteiger partial charge in [0.25, 0.3) is 0 Å². The third-order valence-corrected chi connectivity index (χ3v) is 4.76. The molecule has 1 saturated carbocycles. The van der Waals surface area contributed by atoms with Crippen molar-refractivity contribution in [3.05, 3.63) is 30.1 Å². The molecule has 1 heterocycles. The second-order valence-electron chi connectivity index (χ2n) is 5.52. The number of nitrogens with two attached hydrogens (primary N) is 1. The van der Waals surface area contributed by atoms with Crippen molar-refractivity contribution in [3.8, 4) is 11.4 Å². The van der Waals surface area contributed by atoms with Crippen molar-refractivity contribution in [1.82, 2.24) is 20.2 Å². The van der Waals surface area contributed by atoms with Gasteiger partial charge in [-0.1, -0.05) is 24.6 Å². The standard InChI is InChI=1S/C15H18FN5OS/c16-11-7-5-10(6-8-11)14-19-20-15(21(14)17)23-9-13(22)18-12-3-1-2-4-12/h5-8,12H,1-4,9,17H2,(H,18,22). The number of halogens is 1. The number of nitrogen functional groups attached to an aromatic ring is 1. The van der Waals surface area contributed by atoms with Gasteiger partial charge < -0.3 is 11.2 Å². The summed E-state index contributed by atoms with van der Waals surface area (Å²) in [5.41, 5.74) is 0.670. The van der Waals surface area contributed by atoms with Gasteiger partial charge in [-0.05, 0) is 37.1 Å². The molecule has 1 aromatic carbocycles. The Balaban J connectivity index is 1.60. The minimum Gasteiger partial charge on any atom is -0.353 e. The summed E-state index contributed by atoms with van der Waals surface area (Å²) in [5.74, 6) is 6.30. The molecule has 0 spiro atoms. The number of aromatic nitrogens is 3. The van der Waals surface area contributed by atoms with Crippen molar-refractivity contribution in [2.75, 3.05) is 11.6 Å². The Bertz CT molecular complexity index is 682. The molecule has 1 aliphatic carbocycles. The summed E-state index contributed by atoms with van der Waals surface area (Å²) < 4.78 is 14.3. The topological polar surface area (TPSA) is 85.8 Å². The zero-order chi connectivity index (χ0) is 16.2. The molecular formula is C15H18FN5OS. The Morgan fingerprint density at radius 1 is 1.30 bits per heavy atom. The first-order valence-electron chi connectivity index (χ1n) is 7.52. The third kappa shape index (κ3) is 3.82. The average Bonchev–Trinajstić information content (AvgIpc) is 3.16. The molecule has 3 N–H and O–H groups in total. The van der Waals surface area contributed by atoms with Crippen molar-refractivity contribution in [2.45, 2.75) is 36.9 Å². The first-order valence-corrected chi connectivity index (χ1v) is 8.50. The summed E-state index contributed by atoms with van der Waals surface area (Å²) in [6.07, 6.45) is 4.46. The molecule has 122 valence electrons. The number of amides is 1. The van der Waals surface area contributed by atoms with Crippen LogP contribution in [0.5, 0.6) is 0 Å². The van der Waals surface area contributed by atoms with Gasteiger partial charge in [-0.3, -0.25) is 4.79 Å². The number of nitrogens with zero attached hydrogens (tertiary/aromatic N) is 3. The van der Waals surface area contributed by atoms with Crippen LogP contribution in [0, 0.1) is 5.82 Å². The van der Waals surface area contributed by atoms with E-state index in [9.17, 15) is 9.18 Å². The van der Waals surface area contributed by atoms with E-state index in [4.69, 9.17) is 5.84 Å². The largest absolute Gasteiger partial charge is 0.353 e. The molecule has 6 nitrogen and oxygen atoms in total. The summed E-state index contributed by atoms with van der Waals surface area (Å²) in [6.45, 7) is 0. The third-order valence-electron chi connectivity index (χ3n) is 3.82. The van der Waals surface area contributed by atoms with E-state index < -0.39 is 0 Å². The normalized spacial score (nSPS) is 15.0. The Hall–Kier alpha value is -2.09. The van der Waals surface area contributed by atoms with Gasteiger partial charge >= 0.3 is 0 Å². The second kappa shape index (κ2) is 6.99. The van der Waals surface area contributed by atoms with Gasteiger partial charge in [0.15, 0.2) is 5.82 Å². The van der Waals surface area contributed by atoms with E-state index in [0.717, 1.165) is 12.8 Å². The molecule has 0 atom stereocenters. The first kappa shape index (κ1) is 15.8. The van der Waals surface area contributed by atoms with Gasteiger partial charge in [0, 0.05) is 11.6 Å². The molecule has 1 amide bonds. The number of hydrogen-bond acceptors (Lipinski definition) is 5. The zero-order valence-electron chi connectivity index (χ0n) is 12.5. The molecule has 23 heavy (non-hydrogen) atoms. The van der Waals surface area contributed by atoms with Crippen LogP contribution in [-0.2, 0) is 4.79 Å². The Labute approximate surface area is 137 Å². The number of carbonyl (C=O) groups is 1. The zero-order valence-corrected chi connectivity index (χ0v) is 13.4. The van der Waals surface area contributed by atoms with E-state index in [1.807, 2.05) is 0 Å². The lowest BCUT2D eigenvalue weighted by atomic mass is 10.2. The molecule has 3 rings (SSSR count). The van der Waals surface area contributed by atoms with Gasteiger partial charge in [-0.15, -0.1) is 10.2 Å². The van der Waals surface area contributed by atoms with Crippen LogP contribution in [-0.4, -0.2) is 32.6 Å². The first-order chi connectivity index (χ1) is 11.1. The summed E-state index contributed by atoms with van der Waals surface area (Å²) in [4.78, 5) is 11.9. The summed E-state index contributed by atoms with van der Waals surface area (Å²) in [7, 11) is 0. The highest BCUT2D eigenvalue weighted by Crippen LogP contribution is 2.22. The van der Waals surface area contributed by atoms with Crippen molar-refractivity contribution in [1.29, 1.82) is 0 Å². The number of rotatable bonds is 5. The predicted molar refractivity (Wildman–Crippen MR) is 86.7 cm³/mol. The lowest BCUT2D eigenvalue weighted by Gasteiger charge is -2.11. The predicted octanol–water partition coefficient (Wildman–Crippen LogP) is 1.95. The molecule has 0 saturated heterocycles. The number of thioether (sulfide) groups is 1. The van der Waals surface area contributed by atoms with E-state index in [0.29, 0.717) is 22.6 Å². The molecule has 2 aromatic rings. The lowest BCUT2D eigenvalue weighted by Crippen LogP contribution is -2.34. The Morgan fingerprint density at radius 3 is 2.70 bits per heavy atom. The van der Waals surface area contributed by atoms with E-state index in [-0.39, 0.29) is 17.5 Å². The average molecular weight is 335 g/mol. The number of hydrogen-bond donors (Lipinski definition) is 2. The highest BCUT2D eigenvalue weighted by atomic mass is 32.2. The van der Waals surface area contributed by atoms with Gasteiger partial charge in [0.2, 0.25) is 11.1 Å². The van der Waals surface area contributed by atoms with Gasteiger partial charge in [0.1, 0.15) is 5.82 Å². The van der Waals surface area contributed by atoms with Crippen LogP contribution in [0.25, 0.3) is 11.4 Å². The fourth-order valence-electron chi connectivity index (χ4n) is 2.64. The summed E-state index contributed by atoms with van der Waals surface area (Å²) in [5, 5.41) is 11.5. The molecule has 1 aromatic heterocycles. The maximum atomic E-state index is 13.0. The highest BCUT2D eigenvalue weighted by Gasteiger charge is 2.18. The van der Waals surface area contributed by atoms with E-state index >= 15 is 0 Å². The van der Waals surface area contributed by atoms with Crippen molar-refractivity contribution < 1.29 is 9.18 Å². The van der Waals surface area contributed by atoms with Gasteiger partial charge in [-0.2, -0.15) is 0 Å². The smallest absolute Gasteiger partial charge is 0.230 e. The number of nitrogens with one attached hydrogen (secondary N) is 1. The number of benzene rings is 1. The fourth-order valence-corrected chi connectivity index (χ4v) is 3.31. The molecule has 1 aliphatic rings. The molecule has 0 bridgehead atoms. The second-order valence-corrected chi connectivity index (χ2v) is 6.46. The lowest BCUT2D eigenvalue weighted by molar-refractivity contribution is -0.119. The summed E-state index contributed by atoms with van der Waals surface area (Å²) in [6, 6.07) is 6.15. The van der Waals surface area contributed by atoms with Crippen molar-refractivity contribution in [2.24, 2.45) is 0 Å². The maximum Gasteiger partial charge on any atom is 0.230 e. The van der Waals surface area contributed by atoms with Gasteiger partial charge in [0.05, 0.1) is 5.75 Å². The van der Waals surface area contributed by atoms with Gasteiger partial charge in [-0.25, -0.2) is 9.07 Å². The van der Waals surface area contributed by atoms with Crippen LogP contribution < -0.4 is 11.2 Å².